The Morgan fingerprint density at radius 2 is 1.65 bits per heavy atom. The molecule has 12 heteroatoms. The number of carboxylic acid groups (broad SMARTS) is 1. The number of benzene rings is 2. The van der Waals surface area contributed by atoms with E-state index in [9.17, 15) is 27.2 Å². The fraction of sp³-hybridized carbons (Fsp3) is 0.214. The molecule has 0 unspecified atom stereocenters. The van der Waals surface area contributed by atoms with Crippen molar-refractivity contribution in [2.45, 2.75) is 37.9 Å². The molecule has 0 spiro atoms. The SMILES string of the molecule is O=C(O)CCCCc1cc2cc(C(=O)N[C@H](c3cc(Cl)cc(Cl)c3)C(F)(F)F)cnc2nc1-c1ccc(F)cc1. The molecule has 2 N–H and O–H groups in total. The van der Waals surface area contributed by atoms with E-state index in [1.54, 1.807) is 18.2 Å². The molecule has 208 valence electrons. The number of carbonyl (C=O) groups excluding carboxylic acids is 1. The number of carboxylic acids is 1. The maximum Gasteiger partial charge on any atom is 0.412 e. The molecule has 0 saturated heterocycles. The van der Waals surface area contributed by atoms with E-state index in [-0.39, 0.29) is 33.2 Å². The van der Waals surface area contributed by atoms with E-state index in [1.165, 1.54) is 24.3 Å². The molecule has 40 heavy (non-hydrogen) atoms. The maximum absolute atomic E-state index is 13.9. The van der Waals surface area contributed by atoms with Gasteiger partial charge < -0.3 is 10.4 Å². The highest BCUT2D eigenvalue weighted by Crippen LogP contribution is 2.35. The number of halogens is 6. The van der Waals surface area contributed by atoms with Crippen LogP contribution in [0.25, 0.3) is 22.3 Å². The highest BCUT2D eigenvalue weighted by Gasteiger charge is 2.42. The molecular formula is C28H21Cl2F4N3O3. The second-order valence-electron chi connectivity index (χ2n) is 9.03. The van der Waals surface area contributed by atoms with Gasteiger partial charge in [0.1, 0.15) is 5.82 Å². The summed E-state index contributed by atoms with van der Waals surface area (Å²) in [4.78, 5) is 32.6. The third kappa shape index (κ3) is 7.25. The van der Waals surface area contributed by atoms with Crippen LogP contribution in [0.2, 0.25) is 10.0 Å². The molecule has 0 aliphatic rings. The first-order valence-corrected chi connectivity index (χ1v) is 12.8. The Labute approximate surface area is 236 Å². The first kappa shape index (κ1) is 29.2. The van der Waals surface area contributed by atoms with E-state index in [1.807, 2.05) is 5.32 Å². The zero-order chi connectivity index (χ0) is 29.0. The number of carbonyl (C=O) groups is 2. The molecule has 1 atom stereocenters. The lowest BCUT2D eigenvalue weighted by molar-refractivity contribution is -0.155. The van der Waals surface area contributed by atoms with E-state index in [2.05, 4.69) is 9.97 Å². The fourth-order valence-corrected chi connectivity index (χ4v) is 4.73. The van der Waals surface area contributed by atoms with Crippen LogP contribution < -0.4 is 5.32 Å². The third-order valence-electron chi connectivity index (χ3n) is 6.03. The monoisotopic (exact) mass is 593 g/mol. The van der Waals surface area contributed by atoms with Crippen molar-refractivity contribution in [2.24, 2.45) is 0 Å². The molecule has 2 aromatic heterocycles. The van der Waals surface area contributed by atoms with Crippen LogP contribution >= 0.6 is 23.2 Å². The number of aliphatic carboxylic acids is 1. The number of rotatable bonds is 9. The van der Waals surface area contributed by atoms with E-state index < -0.39 is 29.9 Å². The summed E-state index contributed by atoms with van der Waals surface area (Å²) in [5.41, 5.74) is 1.55. The number of pyridine rings is 2. The quantitative estimate of drug-likeness (QED) is 0.154. The van der Waals surface area contributed by atoms with Crippen LogP contribution in [-0.4, -0.2) is 33.1 Å². The molecule has 0 aliphatic heterocycles. The van der Waals surface area contributed by atoms with Gasteiger partial charge in [0.2, 0.25) is 0 Å². The number of aromatic nitrogens is 2. The normalized spacial score (nSPS) is 12.3. The van der Waals surface area contributed by atoms with E-state index in [0.29, 0.717) is 41.5 Å². The molecule has 2 heterocycles. The van der Waals surface area contributed by atoms with Gasteiger partial charge in [0.25, 0.3) is 5.91 Å². The van der Waals surface area contributed by atoms with Crippen LogP contribution in [0, 0.1) is 5.82 Å². The number of alkyl halides is 3. The molecule has 0 saturated carbocycles. The summed E-state index contributed by atoms with van der Waals surface area (Å²) >= 11 is 11.7. The summed E-state index contributed by atoms with van der Waals surface area (Å²) in [5, 5.41) is 11.3. The van der Waals surface area contributed by atoms with Crippen LogP contribution in [0.15, 0.2) is 60.8 Å². The van der Waals surface area contributed by atoms with Crippen LogP contribution in [0.3, 0.4) is 0 Å². The van der Waals surface area contributed by atoms with E-state index >= 15 is 0 Å². The van der Waals surface area contributed by atoms with Crippen LogP contribution in [-0.2, 0) is 11.2 Å². The summed E-state index contributed by atoms with van der Waals surface area (Å²) in [6.45, 7) is 0. The molecule has 4 rings (SSSR count). The molecule has 0 fully saturated rings. The zero-order valence-electron chi connectivity index (χ0n) is 20.6. The smallest absolute Gasteiger partial charge is 0.412 e. The number of nitrogens with zero attached hydrogens (tertiary/aromatic N) is 2. The lowest BCUT2D eigenvalue weighted by atomic mass is 9.99. The molecule has 6 nitrogen and oxygen atoms in total. The maximum atomic E-state index is 13.9. The van der Waals surface area contributed by atoms with Crippen LogP contribution in [0.5, 0.6) is 0 Å². The Balaban J connectivity index is 1.68. The molecule has 0 radical (unpaired) electrons. The minimum atomic E-state index is -4.84. The Kier molecular flexibility index (Phi) is 8.90. The minimum absolute atomic E-state index is 0.0164. The summed E-state index contributed by atoms with van der Waals surface area (Å²) in [7, 11) is 0. The van der Waals surface area contributed by atoms with Gasteiger partial charge in [0, 0.05) is 33.6 Å². The third-order valence-corrected chi connectivity index (χ3v) is 6.47. The highest BCUT2D eigenvalue weighted by molar-refractivity contribution is 6.34. The summed E-state index contributed by atoms with van der Waals surface area (Å²) in [5.74, 6) is -2.38. The van der Waals surface area contributed by atoms with Gasteiger partial charge in [-0.2, -0.15) is 13.2 Å². The summed E-state index contributed by atoms with van der Waals surface area (Å²) in [6, 6.07) is 9.77. The first-order chi connectivity index (χ1) is 18.9. The van der Waals surface area contributed by atoms with Crippen molar-refractivity contribution < 1.29 is 32.3 Å². The minimum Gasteiger partial charge on any atom is -0.481 e. The Hall–Kier alpha value is -3.76. The predicted molar refractivity (Wildman–Crippen MR) is 143 cm³/mol. The Morgan fingerprint density at radius 3 is 2.27 bits per heavy atom. The molecule has 0 bridgehead atoms. The van der Waals surface area contributed by atoms with Gasteiger partial charge in [-0.15, -0.1) is 0 Å². The predicted octanol–water partition coefficient (Wildman–Crippen LogP) is 7.57. The van der Waals surface area contributed by atoms with Crippen molar-refractivity contribution in [1.29, 1.82) is 0 Å². The molecular weight excluding hydrogens is 573 g/mol. The molecule has 2 aromatic carbocycles. The van der Waals surface area contributed by atoms with Crippen molar-refractivity contribution in [2.75, 3.05) is 0 Å². The lowest BCUT2D eigenvalue weighted by Crippen LogP contribution is -2.38. The van der Waals surface area contributed by atoms with Gasteiger partial charge in [-0.25, -0.2) is 14.4 Å². The largest absolute Gasteiger partial charge is 0.481 e. The summed E-state index contributed by atoms with van der Waals surface area (Å²) < 4.78 is 55.2. The number of fused-ring (bicyclic) bond motifs is 1. The number of amides is 1. The highest BCUT2D eigenvalue weighted by atomic mass is 35.5. The standard InChI is InChI=1S/C28H21Cl2F4N3O3/c29-20-11-17(12-21(30)13-20)25(28(32,33)34)37-27(40)19-10-18-9-16(3-1-2-4-23(38)39)24(36-26(18)35-14-19)15-5-7-22(31)8-6-15/h5-14,25H,1-4H2,(H,37,40)(H,38,39)/t25-/m1/s1. The van der Waals surface area contributed by atoms with Gasteiger partial charge in [-0.1, -0.05) is 23.2 Å². The van der Waals surface area contributed by atoms with Crippen LogP contribution in [0.1, 0.15) is 46.8 Å². The van der Waals surface area contributed by atoms with Crippen molar-refractivity contribution in [3.05, 3.63) is 93.3 Å². The van der Waals surface area contributed by atoms with E-state index in [4.69, 9.17) is 28.3 Å². The number of hydrogen-bond donors (Lipinski definition) is 2. The van der Waals surface area contributed by atoms with Crippen molar-refractivity contribution in [3.63, 3.8) is 0 Å². The zero-order valence-corrected chi connectivity index (χ0v) is 22.1. The van der Waals surface area contributed by atoms with Crippen LogP contribution in [0.4, 0.5) is 17.6 Å². The number of aryl methyl sites for hydroxylation is 1. The van der Waals surface area contributed by atoms with Gasteiger partial charge >= 0.3 is 12.1 Å². The average Bonchev–Trinajstić information content (AvgIpc) is 2.88. The van der Waals surface area contributed by atoms with Crippen molar-refractivity contribution in [3.8, 4) is 11.3 Å². The Morgan fingerprint density at radius 1 is 0.975 bits per heavy atom. The van der Waals surface area contributed by atoms with Crippen molar-refractivity contribution >= 4 is 46.1 Å². The first-order valence-electron chi connectivity index (χ1n) is 12.0. The summed E-state index contributed by atoms with van der Waals surface area (Å²) in [6.07, 6.45) is -2.41. The van der Waals surface area contributed by atoms with E-state index in [0.717, 1.165) is 18.3 Å². The lowest BCUT2D eigenvalue weighted by Gasteiger charge is -2.22. The molecule has 4 aromatic rings. The average molecular weight is 594 g/mol. The molecule has 1 amide bonds. The van der Waals surface area contributed by atoms with Crippen molar-refractivity contribution in [1.82, 2.24) is 15.3 Å². The van der Waals surface area contributed by atoms with Gasteiger partial charge in [0.15, 0.2) is 11.7 Å². The second kappa shape index (κ2) is 12.2. The number of unbranched alkanes of at least 4 members (excludes halogenated alkanes) is 1. The topological polar surface area (TPSA) is 92.2 Å². The number of nitrogens with one attached hydrogen (secondary N) is 1. The molecule has 0 aliphatic carbocycles. The fourth-order valence-electron chi connectivity index (χ4n) is 4.18. The van der Waals surface area contributed by atoms with Gasteiger partial charge in [0.05, 0.1) is 11.3 Å². The van der Waals surface area contributed by atoms with Gasteiger partial charge in [-0.3, -0.25) is 9.59 Å². The second-order valence-corrected chi connectivity index (χ2v) is 9.90. The van der Waals surface area contributed by atoms with Gasteiger partial charge in [-0.05, 0) is 85.0 Å². The Bertz CT molecular complexity index is 1540. The number of hydrogen-bond acceptors (Lipinski definition) is 4.